The predicted molar refractivity (Wildman–Crippen MR) is 84.4 cm³/mol. The van der Waals surface area contributed by atoms with Gasteiger partial charge in [0.25, 0.3) is 0 Å². The van der Waals surface area contributed by atoms with Gasteiger partial charge in [0, 0.05) is 0 Å². The van der Waals surface area contributed by atoms with Crippen LogP contribution in [0.5, 0.6) is 0 Å². The van der Waals surface area contributed by atoms with Crippen molar-refractivity contribution in [3.8, 4) is 0 Å². The largest absolute Gasteiger partial charge is 0.481 e. The Kier molecular flexibility index (Phi) is 11.6. The van der Waals surface area contributed by atoms with Crippen molar-refractivity contribution >= 4 is 11.9 Å². The number of unbranched alkanes of at least 4 members (excludes halogenated alkanes) is 7. The van der Waals surface area contributed by atoms with Crippen molar-refractivity contribution in [3.05, 3.63) is 12.2 Å². The normalized spacial score (nSPS) is 12.0. The van der Waals surface area contributed by atoms with Crippen molar-refractivity contribution in [1.29, 1.82) is 0 Å². The molecule has 0 heterocycles. The van der Waals surface area contributed by atoms with E-state index in [0.29, 0.717) is 0 Å². The first-order valence-electron chi connectivity index (χ1n) is 8.08. The van der Waals surface area contributed by atoms with E-state index in [4.69, 9.17) is 10.2 Å². The highest BCUT2D eigenvalue weighted by molar-refractivity contribution is 5.77. The molecule has 0 fully saturated rings. The minimum absolute atomic E-state index is 0.276. The third-order valence-electron chi connectivity index (χ3n) is 3.69. The number of hydrogen-bond acceptors (Lipinski definition) is 2. The molecule has 0 rings (SSSR count). The van der Waals surface area contributed by atoms with Gasteiger partial charge >= 0.3 is 11.9 Å². The molecule has 0 aliphatic heterocycles. The Labute approximate surface area is 128 Å². The van der Waals surface area contributed by atoms with Crippen LogP contribution in [0.25, 0.3) is 0 Å². The van der Waals surface area contributed by atoms with Crippen LogP contribution in [0.4, 0.5) is 0 Å². The maximum absolute atomic E-state index is 11.0. The van der Waals surface area contributed by atoms with E-state index in [-0.39, 0.29) is 12.8 Å². The van der Waals surface area contributed by atoms with Gasteiger partial charge in [0.2, 0.25) is 0 Å². The van der Waals surface area contributed by atoms with Gasteiger partial charge in [-0.05, 0) is 19.3 Å². The maximum atomic E-state index is 11.0. The fourth-order valence-corrected chi connectivity index (χ4v) is 2.42. The van der Waals surface area contributed by atoms with Gasteiger partial charge in [0.15, 0.2) is 0 Å². The van der Waals surface area contributed by atoms with E-state index >= 15 is 0 Å². The molecule has 1 atom stereocenters. The Hall–Kier alpha value is -1.32. The Bertz CT molecular complexity index is 323. The number of carbonyl (C=O) groups is 2. The van der Waals surface area contributed by atoms with Crippen molar-refractivity contribution in [2.24, 2.45) is 5.92 Å². The Balaban J connectivity index is 3.69. The number of allylic oxidation sites excluding steroid dienone is 1. The first kappa shape index (κ1) is 19.7. The molecule has 0 saturated heterocycles. The number of aliphatic carboxylic acids is 2. The lowest BCUT2D eigenvalue weighted by molar-refractivity contribution is -0.148. The standard InChI is InChI=1S/C17H30O4/c1-3-4-5-6-7-8-9-10-11-14(2)12-15(17(20)21)13-16(18)19/h15H,2-13H2,1H3,(H,18,19)(H,20,21). The Morgan fingerprint density at radius 3 is 1.90 bits per heavy atom. The van der Waals surface area contributed by atoms with Crippen LogP contribution >= 0.6 is 0 Å². The van der Waals surface area contributed by atoms with Crippen molar-refractivity contribution in [1.82, 2.24) is 0 Å². The molecule has 0 spiro atoms. The fraction of sp³-hybridized carbons (Fsp3) is 0.765. The van der Waals surface area contributed by atoms with E-state index in [1.807, 2.05) is 0 Å². The topological polar surface area (TPSA) is 74.6 Å². The molecule has 4 heteroatoms. The number of carboxylic acids is 2. The van der Waals surface area contributed by atoms with Crippen LogP contribution in [0.2, 0.25) is 0 Å². The molecule has 0 saturated carbocycles. The molecule has 0 aromatic rings. The molecular weight excluding hydrogens is 268 g/mol. The lowest BCUT2D eigenvalue weighted by Gasteiger charge is -2.12. The fourth-order valence-electron chi connectivity index (χ4n) is 2.42. The lowest BCUT2D eigenvalue weighted by Crippen LogP contribution is -2.18. The third-order valence-corrected chi connectivity index (χ3v) is 3.69. The smallest absolute Gasteiger partial charge is 0.307 e. The molecule has 0 radical (unpaired) electrons. The van der Waals surface area contributed by atoms with Crippen LogP contribution in [-0.4, -0.2) is 22.2 Å². The van der Waals surface area contributed by atoms with E-state index < -0.39 is 17.9 Å². The van der Waals surface area contributed by atoms with E-state index in [2.05, 4.69) is 13.5 Å². The summed E-state index contributed by atoms with van der Waals surface area (Å²) >= 11 is 0. The second-order valence-corrected chi connectivity index (χ2v) is 5.81. The third kappa shape index (κ3) is 12.2. The Morgan fingerprint density at radius 1 is 0.905 bits per heavy atom. The molecule has 0 aromatic heterocycles. The second kappa shape index (κ2) is 12.4. The zero-order valence-corrected chi connectivity index (χ0v) is 13.3. The highest BCUT2D eigenvalue weighted by Crippen LogP contribution is 2.20. The Morgan fingerprint density at radius 2 is 1.43 bits per heavy atom. The summed E-state index contributed by atoms with van der Waals surface area (Å²) in [5, 5.41) is 17.7. The number of rotatable bonds is 14. The zero-order valence-electron chi connectivity index (χ0n) is 13.3. The van der Waals surface area contributed by atoms with Gasteiger partial charge < -0.3 is 10.2 Å². The number of carboxylic acid groups (broad SMARTS) is 2. The van der Waals surface area contributed by atoms with Gasteiger partial charge in [-0.3, -0.25) is 9.59 Å². The van der Waals surface area contributed by atoms with Crippen molar-refractivity contribution in [2.45, 2.75) is 77.6 Å². The molecule has 0 aromatic carbocycles. The van der Waals surface area contributed by atoms with Gasteiger partial charge in [-0.2, -0.15) is 0 Å². The van der Waals surface area contributed by atoms with Gasteiger partial charge in [0.1, 0.15) is 0 Å². The summed E-state index contributed by atoms with van der Waals surface area (Å²) in [6, 6.07) is 0. The van der Waals surface area contributed by atoms with Crippen molar-refractivity contribution in [2.75, 3.05) is 0 Å². The predicted octanol–water partition coefficient (Wildman–Crippen LogP) is 4.64. The molecule has 0 aliphatic rings. The van der Waals surface area contributed by atoms with Crippen LogP contribution in [0.1, 0.15) is 77.6 Å². The second-order valence-electron chi connectivity index (χ2n) is 5.81. The minimum Gasteiger partial charge on any atom is -0.481 e. The van der Waals surface area contributed by atoms with Crippen LogP contribution in [-0.2, 0) is 9.59 Å². The summed E-state index contributed by atoms with van der Waals surface area (Å²) < 4.78 is 0. The van der Waals surface area contributed by atoms with Crippen LogP contribution in [0.3, 0.4) is 0 Å². The van der Waals surface area contributed by atoms with Gasteiger partial charge in [-0.1, -0.05) is 64.0 Å². The zero-order chi connectivity index (χ0) is 16.1. The van der Waals surface area contributed by atoms with E-state index in [1.54, 1.807) is 0 Å². The van der Waals surface area contributed by atoms with Crippen LogP contribution in [0, 0.1) is 5.92 Å². The lowest BCUT2D eigenvalue weighted by atomic mass is 9.94. The molecule has 0 aliphatic carbocycles. The first-order valence-corrected chi connectivity index (χ1v) is 8.08. The summed E-state index contributed by atoms with van der Waals surface area (Å²) in [6.07, 6.45) is 10.6. The summed E-state index contributed by atoms with van der Waals surface area (Å²) in [5.74, 6) is -2.96. The maximum Gasteiger partial charge on any atom is 0.307 e. The molecule has 2 N–H and O–H groups in total. The summed E-state index contributed by atoms with van der Waals surface area (Å²) in [4.78, 5) is 21.6. The van der Waals surface area contributed by atoms with Crippen molar-refractivity contribution in [3.63, 3.8) is 0 Å². The minimum atomic E-state index is -1.07. The van der Waals surface area contributed by atoms with E-state index in [1.165, 1.54) is 38.5 Å². The average Bonchev–Trinajstić information content (AvgIpc) is 2.40. The molecule has 21 heavy (non-hydrogen) atoms. The molecule has 0 amide bonds. The van der Waals surface area contributed by atoms with Crippen LogP contribution in [0.15, 0.2) is 12.2 Å². The highest BCUT2D eigenvalue weighted by atomic mass is 16.4. The highest BCUT2D eigenvalue weighted by Gasteiger charge is 2.21. The molecule has 4 nitrogen and oxygen atoms in total. The SMILES string of the molecule is C=C(CCCCCCCCCC)CC(CC(=O)O)C(=O)O. The van der Waals surface area contributed by atoms with Gasteiger partial charge in [-0.25, -0.2) is 0 Å². The van der Waals surface area contributed by atoms with Crippen molar-refractivity contribution < 1.29 is 19.8 Å². The first-order chi connectivity index (χ1) is 9.97. The van der Waals surface area contributed by atoms with E-state index in [9.17, 15) is 9.59 Å². The average molecular weight is 298 g/mol. The molecule has 122 valence electrons. The van der Waals surface area contributed by atoms with Gasteiger partial charge in [-0.15, -0.1) is 0 Å². The summed E-state index contributed by atoms with van der Waals surface area (Å²) in [6.45, 7) is 6.09. The number of hydrogen-bond donors (Lipinski definition) is 2. The molecule has 1 unspecified atom stereocenters. The summed E-state index contributed by atoms with van der Waals surface area (Å²) in [7, 11) is 0. The van der Waals surface area contributed by atoms with E-state index in [0.717, 1.165) is 24.8 Å². The van der Waals surface area contributed by atoms with Gasteiger partial charge in [0.05, 0.1) is 12.3 Å². The summed E-state index contributed by atoms with van der Waals surface area (Å²) in [5.41, 5.74) is 0.856. The molecular formula is C17H30O4. The monoisotopic (exact) mass is 298 g/mol. The quantitative estimate of drug-likeness (QED) is 0.362. The van der Waals surface area contributed by atoms with Crippen LogP contribution < -0.4 is 0 Å². The molecule has 0 bridgehead atoms.